The van der Waals surface area contributed by atoms with Gasteiger partial charge in [0.25, 0.3) is 11.8 Å². The van der Waals surface area contributed by atoms with Crippen molar-refractivity contribution in [1.29, 1.82) is 0 Å². The van der Waals surface area contributed by atoms with Crippen molar-refractivity contribution in [2.24, 2.45) is 5.92 Å². The first-order valence-corrected chi connectivity index (χ1v) is 9.41. The Morgan fingerprint density at radius 1 is 1.31 bits per heavy atom. The van der Waals surface area contributed by atoms with Crippen LogP contribution in [-0.4, -0.2) is 64.5 Å². The summed E-state index contributed by atoms with van der Waals surface area (Å²) in [5, 5.41) is 3.38. The number of anilines is 1. The number of nitrogens with one attached hydrogen (secondary N) is 2. The van der Waals surface area contributed by atoms with E-state index >= 15 is 0 Å². The number of ether oxygens (including phenoxy) is 1. The number of hydrogen-bond donors (Lipinski definition) is 2. The highest BCUT2D eigenvalue weighted by Gasteiger charge is 2.52. The minimum absolute atomic E-state index is 0.165. The van der Waals surface area contributed by atoms with Crippen molar-refractivity contribution in [3.63, 3.8) is 0 Å². The van der Waals surface area contributed by atoms with Crippen LogP contribution in [-0.2, 0) is 19.1 Å². The van der Waals surface area contributed by atoms with E-state index in [1.165, 1.54) is 17.3 Å². The number of hydrazine groups is 1. The van der Waals surface area contributed by atoms with Crippen molar-refractivity contribution in [2.45, 2.75) is 38.1 Å². The number of imide groups is 1. The molecule has 0 unspecified atom stereocenters. The molecule has 2 heterocycles. The summed E-state index contributed by atoms with van der Waals surface area (Å²) in [6, 6.07) is 0.971. The molecule has 3 rings (SSSR count). The van der Waals surface area contributed by atoms with Crippen LogP contribution < -0.4 is 15.6 Å². The largest absolute Gasteiger partial charge is 0.454 e. The van der Waals surface area contributed by atoms with Crippen molar-refractivity contribution < 1.29 is 23.9 Å². The number of rotatable bonds is 6. The molecule has 1 aromatic heterocycles. The lowest BCUT2D eigenvalue weighted by Crippen LogP contribution is -2.52. The number of carbonyl (C=O) groups is 4. The van der Waals surface area contributed by atoms with Crippen molar-refractivity contribution in [2.75, 3.05) is 25.1 Å². The molecule has 1 saturated carbocycles. The quantitative estimate of drug-likeness (QED) is 0.499. The first-order chi connectivity index (χ1) is 13.8. The fourth-order valence-corrected chi connectivity index (χ4v) is 3.42. The van der Waals surface area contributed by atoms with Crippen LogP contribution in [0.4, 0.5) is 10.7 Å². The number of aromatic nitrogens is 2. The summed E-state index contributed by atoms with van der Waals surface area (Å²) in [6.07, 6.45) is 5.79. The van der Waals surface area contributed by atoms with Gasteiger partial charge in [0, 0.05) is 19.4 Å². The zero-order valence-electron chi connectivity index (χ0n) is 16.4. The Hall–Kier alpha value is -3.24. The molecule has 1 saturated heterocycles. The van der Waals surface area contributed by atoms with Crippen molar-refractivity contribution in [3.8, 4) is 0 Å². The number of hydrogen-bond acceptors (Lipinski definition) is 8. The van der Waals surface area contributed by atoms with Gasteiger partial charge in [-0.1, -0.05) is 6.92 Å². The van der Waals surface area contributed by atoms with E-state index in [4.69, 9.17) is 4.74 Å². The predicted octanol–water partition coefficient (Wildman–Crippen LogP) is -0.0121. The molecule has 1 aromatic rings. The Labute approximate surface area is 167 Å². The molecular formula is C18H24N6O5. The number of urea groups is 1. The Morgan fingerprint density at radius 3 is 2.62 bits per heavy atom. The van der Waals surface area contributed by atoms with E-state index in [-0.39, 0.29) is 6.54 Å². The summed E-state index contributed by atoms with van der Waals surface area (Å²) in [5.74, 6) is -1.10. The van der Waals surface area contributed by atoms with Crippen LogP contribution in [0.2, 0.25) is 0 Å². The van der Waals surface area contributed by atoms with Crippen molar-refractivity contribution in [3.05, 3.63) is 18.5 Å². The topological polar surface area (TPSA) is 134 Å². The van der Waals surface area contributed by atoms with Gasteiger partial charge in [0.05, 0.1) is 0 Å². The third-order valence-electron chi connectivity index (χ3n) is 5.15. The van der Waals surface area contributed by atoms with Gasteiger partial charge >= 0.3 is 12.0 Å². The highest BCUT2D eigenvalue weighted by atomic mass is 16.5. The van der Waals surface area contributed by atoms with Crippen LogP contribution in [0.1, 0.15) is 32.6 Å². The Balaban J connectivity index is 1.47. The second-order valence-electron chi connectivity index (χ2n) is 7.44. The molecule has 29 heavy (non-hydrogen) atoms. The second-order valence-corrected chi connectivity index (χ2v) is 7.44. The maximum atomic E-state index is 12.7. The fourth-order valence-electron chi connectivity index (χ4n) is 3.42. The highest BCUT2D eigenvalue weighted by molar-refractivity contribution is 6.08. The number of esters is 1. The maximum Gasteiger partial charge on any atom is 0.344 e. The summed E-state index contributed by atoms with van der Waals surface area (Å²) in [6.45, 7) is 1.31. The van der Waals surface area contributed by atoms with Gasteiger partial charge in [0.15, 0.2) is 6.61 Å². The molecule has 1 aliphatic carbocycles. The van der Waals surface area contributed by atoms with Gasteiger partial charge in [-0.15, -0.1) is 0 Å². The summed E-state index contributed by atoms with van der Waals surface area (Å²) in [5.41, 5.74) is 1.27. The smallest absolute Gasteiger partial charge is 0.344 e. The van der Waals surface area contributed by atoms with E-state index < -0.39 is 36.0 Å². The van der Waals surface area contributed by atoms with Crippen LogP contribution in [0, 0.1) is 5.92 Å². The molecule has 0 radical (unpaired) electrons. The molecule has 2 fully saturated rings. The standard InChI is InChI=1S/C18H24N6O5/c1-12-4-6-18(7-5-12)15(27)24(17(28)21-18)22-13(25)11-29-14(26)10-23(2)16-19-8-3-9-20-16/h3,8-9,12H,4-7,10-11H2,1-2H3,(H,21,28)(H,22,25). The zero-order chi connectivity index (χ0) is 21.0. The predicted molar refractivity (Wildman–Crippen MR) is 100 cm³/mol. The van der Waals surface area contributed by atoms with Crippen LogP contribution in [0.25, 0.3) is 0 Å². The fraction of sp³-hybridized carbons (Fsp3) is 0.556. The monoisotopic (exact) mass is 404 g/mol. The molecule has 1 aliphatic heterocycles. The SMILES string of the molecule is CC1CCC2(CC1)NC(=O)N(NC(=O)COC(=O)CN(C)c1ncccn1)C2=O. The number of amides is 4. The van der Waals surface area contributed by atoms with E-state index in [1.54, 1.807) is 13.1 Å². The summed E-state index contributed by atoms with van der Waals surface area (Å²) >= 11 is 0. The Bertz CT molecular complexity index is 793. The van der Waals surface area contributed by atoms with Crippen LogP contribution in [0.15, 0.2) is 18.5 Å². The molecule has 0 bridgehead atoms. The van der Waals surface area contributed by atoms with Gasteiger partial charge in [-0.25, -0.2) is 14.8 Å². The normalized spacial score (nSPS) is 23.7. The van der Waals surface area contributed by atoms with Gasteiger partial charge in [-0.3, -0.25) is 19.8 Å². The molecule has 0 atom stereocenters. The number of carbonyl (C=O) groups excluding carboxylic acids is 4. The molecule has 0 aromatic carbocycles. The zero-order valence-corrected chi connectivity index (χ0v) is 16.4. The van der Waals surface area contributed by atoms with Gasteiger partial charge in [-0.05, 0) is 37.7 Å². The van der Waals surface area contributed by atoms with Crippen molar-refractivity contribution in [1.82, 2.24) is 25.7 Å². The average molecular weight is 404 g/mol. The van der Waals surface area contributed by atoms with Gasteiger partial charge < -0.3 is 15.0 Å². The molecule has 156 valence electrons. The average Bonchev–Trinajstić information content (AvgIpc) is 2.93. The molecule has 11 nitrogen and oxygen atoms in total. The van der Waals surface area contributed by atoms with E-state index in [0.717, 1.165) is 12.8 Å². The summed E-state index contributed by atoms with van der Waals surface area (Å²) in [7, 11) is 1.61. The van der Waals surface area contributed by atoms with Gasteiger partial charge in [-0.2, -0.15) is 5.01 Å². The van der Waals surface area contributed by atoms with E-state index in [0.29, 0.717) is 29.7 Å². The first kappa shape index (κ1) is 20.5. The summed E-state index contributed by atoms with van der Waals surface area (Å²) in [4.78, 5) is 58.3. The van der Waals surface area contributed by atoms with E-state index in [1.807, 2.05) is 0 Å². The van der Waals surface area contributed by atoms with E-state index in [9.17, 15) is 19.2 Å². The van der Waals surface area contributed by atoms with E-state index in [2.05, 4.69) is 27.6 Å². The highest BCUT2D eigenvalue weighted by Crippen LogP contribution is 2.35. The lowest BCUT2D eigenvalue weighted by Gasteiger charge is -2.33. The number of nitrogens with zero attached hydrogens (tertiary/aromatic N) is 4. The lowest BCUT2D eigenvalue weighted by molar-refractivity contribution is -0.149. The Kier molecular flexibility index (Phi) is 5.95. The minimum atomic E-state index is -0.952. The van der Waals surface area contributed by atoms with Crippen LogP contribution >= 0.6 is 0 Å². The molecule has 4 amide bonds. The molecule has 11 heteroatoms. The maximum absolute atomic E-state index is 12.7. The minimum Gasteiger partial charge on any atom is -0.454 e. The van der Waals surface area contributed by atoms with Crippen molar-refractivity contribution >= 4 is 29.8 Å². The lowest BCUT2D eigenvalue weighted by atomic mass is 9.77. The Morgan fingerprint density at radius 2 is 1.97 bits per heavy atom. The third-order valence-corrected chi connectivity index (χ3v) is 5.15. The first-order valence-electron chi connectivity index (χ1n) is 9.41. The van der Waals surface area contributed by atoms with Gasteiger partial charge in [0.1, 0.15) is 12.1 Å². The molecule has 2 aliphatic rings. The molecule has 1 spiro atoms. The van der Waals surface area contributed by atoms with Crippen LogP contribution in [0.5, 0.6) is 0 Å². The molecule has 2 N–H and O–H groups in total. The number of likely N-dealkylation sites (N-methyl/N-ethyl adjacent to an activating group) is 1. The summed E-state index contributed by atoms with van der Waals surface area (Å²) < 4.78 is 4.91. The third kappa shape index (κ3) is 4.61. The van der Waals surface area contributed by atoms with Crippen LogP contribution in [0.3, 0.4) is 0 Å². The molecular weight excluding hydrogens is 380 g/mol. The second kappa shape index (κ2) is 8.41. The van der Waals surface area contributed by atoms with Gasteiger partial charge in [0.2, 0.25) is 5.95 Å².